The summed E-state index contributed by atoms with van der Waals surface area (Å²) in [5, 5.41) is 4.54. The van der Waals surface area contributed by atoms with Crippen LogP contribution in [0, 0.1) is 27.7 Å². The lowest BCUT2D eigenvalue weighted by molar-refractivity contribution is -0.122. The molecule has 0 radical (unpaired) electrons. The number of nitrogens with zero attached hydrogens (tertiary/aromatic N) is 2. The zero-order valence-electron chi connectivity index (χ0n) is 26.0. The fourth-order valence-electron chi connectivity index (χ4n) is 4.98. The number of hydrazine groups is 1. The average Bonchev–Trinajstić information content (AvgIpc) is 3.28. The van der Waals surface area contributed by atoms with Crippen LogP contribution in [0.25, 0.3) is 0 Å². The number of aliphatic imine (C=N–C) groups is 1. The maximum atomic E-state index is 14.1. The van der Waals surface area contributed by atoms with Crippen molar-refractivity contribution in [1.82, 2.24) is 5.43 Å². The molecular formula is C35H33Cl3N4O3S. The Morgan fingerprint density at radius 2 is 1.61 bits per heavy atom. The van der Waals surface area contributed by atoms with E-state index >= 15 is 0 Å². The smallest absolute Gasteiger partial charge is 0.267 e. The second kappa shape index (κ2) is 14.4. The first-order chi connectivity index (χ1) is 21.9. The van der Waals surface area contributed by atoms with Crippen molar-refractivity contribution in [3.05, 3.63) is 110 Å². The third-order valence-electron chi connectivity index (χ3n) is 7.30. The van der Waals surface area contributed by atoms with Crippen molar-refractivity contribution < 1.29 is 14.3 Å². The molecule has 2 N–H and O–H groups in total. The minimum Gasteiger partial charge on any atom is -0.480 e. The van der Waals surface area contributed by atoms with Gasteiger partial charge in [0.1, 0.15) is 22.5 Å². The van der Waals surface area contributed by atoms with Crippen LogP contribution in [-0.4, -0.2) is 29.0 Å². The molecule has 1 heterocycles. The van der Waals surface area contributed by atoms with Crippen LogP contribution in [0.15, 0.2) is 82.7 Å². The SMILES string of the molecule is CCC(Oc1ccc(C)cc1C)C(=O)Nc1ccccc1SC1C(=O)N(c2c(Cl)cc(C)cc2Cl)NC1=Nc1cc(C)ccc1Cl. The van der Waals surface area contributed by atoms with E-state index in [2.05, 4.69) is 10.7 Å². The highest BCUT2D eigenvalue weighted by Crippen LogP contribution is 2.40. The number of para-hydroxylation sites is 1. The molecule has 0 aliphatic carbocycles. The number of hydrogen-bond acceptors (Lipinski definition) is 5. The van der Waals surface area contributed by atoms with Crippen LogP contribution in [0.4, 0.5) is 17.1 Å². The summed E-state index contributed by atoms with van der Waals surface area (Å²) in [7, 11) is 0. The summed E-state index contributed by atoms with van der Waals surface area (Å²) in [5.41, 5.74) is 8.36. The van der Waals surface area contributed by atoms with Crippen molar-refractivity contribution in [2.45, 2.75) is 57.3 Å². The monoisotopic (exact) mass is 694 g/mol. The first-order valence-electron chi connectivity index (χ1n) is 14.7. The Balaban J connectivity index is 1.47. The summed E-state index contributed by atoms with van der Waals surface area (Å²) >= 11 is 20.9. The zero-order valence-corrected chi connectivity index (χ0v) is 29.0. The number of carbonyl (C=O) groups is 2. The number of ether oxygens (including phenoxy) is 1. The lowest BCUT2D eigenvalue weighted by atomic mass is 10.1. The highest BCUT2D eigenvalue weighted by Gasteiger charge is 2.41. The molecular weight excluding hydrogens is 663 g/mol. The molecule has 1 saturated heterocycles. The summed E-state index contributed by atoms with van der Waals surface area (Å²) < 4.78 is 6.13. The van der Waals surface area contributed by atoms with Crippen LogP contribution in [-0.2, 0) is 9.59 Å². The van der Waals surface area contributed by atoms with E-state index in [1.807, 2.05) is 83.1 Å². The van der Waals surface area contributed by atoms with Crippen LogP contribution in [0.3, 0.4) is 0 Å². The van der Waals surface area contributed by atoms with E-state index in [1.165, 1.54) is 16.8 Å². The van der Waals surface area contributed by atoms with E-state index in [1.54, 1.807) is 24.3 Å². The van der Waals surface area contributed by atoms with Gasteiger partial charge in [-0.25, -0.2) is 10.0 Å². The number of carbonyl (C=O) groups excluding carboxylic acids is 2. The average molecular weight is 696 g/mol. The number of hydrogen-bond donors (Lipinski definition) is 2. The van der Waals surface area contributed by atoms with Gasteiger partial charge in [0.05, 0.1) is 26.4 Å². The molecule has 4 aromatic carbocycles. The Morgan fingerprint density at radius 3 is 2.30 bits per heavy atom. The maximum Gasteiger partial charge on any atom is 0.267 e. The molecule has 2 amide bonds. The van der Waals surface area contributed by atoms with Crippen molar-refractivity contribution in [3.8, 4) is 5.75 Å². The molecule has 1 fully saturated rings. The van der Waals surface area contributed by atoms with Gasteiger partial charge in [0.2, 0.25) is 0 Å². The van der Waals surface area contributed by atoms with Gasteiger partial charge in [-0.2, -0.15) is 0 Å². The third kappa shape index (κ3) is 7.47. The largest absolute Gasteiger partial charge is 0.480 e. The number of benzene rings is 4. The van der Waals surface area contributed by atoms with Gasteiger partial charge in [-0.05, 0) is 93.3 Å². The van der Waals surface area contributed by atoms with Crippen molar-refractivity contribution in [2.24, 2.45) is 4.99 Å². The van der Waals surface area contributed by atoms with E-state index in [9.17, 15) is 9.59 Å². The Hall–Kier alpha value is -3.69. The number of rotatable bonds is 9. The molecule has 4 aromatic rings. The zero-order chi connectivity index (χ0) is 33.1. The minimum absolute atomic E-state index is 0.299. The fraction of sp³-hybridized carbons (Fsp3) is 0.229. The molecule has 11 heteroatoms. The molecule has 7 nitrogen and oxygen atoms in total. The molecule has 0 bridgehead atoms. The van der Waals surface area contributed by atoms with Gasteiger partial charge in [-0.3, -0.25) is 15.0 Å². The van der Waals surface area contributed by atoms with Gasteiger partial charge in [-0.1, -0.05) is 77.6 Å². The van der Waals surface area contributed by atoms with E-state index in [0.717, 1.165) is 22.3 Å². The van der Waals surface area contributed by atoms with Crippen molar-refractivity contribution in [2.75, 3.05) is 10.3 Å². The summed E-state index contributed by atoms with van der Waals surface area (Å²) in [6.45, 7) is 9.66. The summed E-state index contributed by atoms with van der Waals surface area (Å²) in [6.07, 6.45) is -0.267. The molecule has 46 heavy (non-hydrogen) atoms. The van der Waals surface area contributed by atoms with Crippen LogP contribution in [0.1, 0.15) is 35.6 Å². The summed E-state index contributed by atoms with van der Waals surface area (Å²) in [4.78, 5) is 33.0. The number of halogens is 3. The van der Waals surface area contributed by atoms with Gasteiger partial charge in [-0.15, -0.1) is 11.8 Å². The standard InChI is InChI=1S/C35H33Cl3N4O3S/c1-6-28(45-29-14-12-19(2)15-22(29)5)34(43)40-26-9-7-8-10-30(26)46-32-33(39-27-18-20(3)11-13-23(27)36)41-42(35(32)44)31-24(37)16-21(4)17-25(31)38/h7-18,28,32H,6H2,1-5H3,(H,39,41)(H,40,43). The second-order valence-corrected chi connectivity index (χ2v) is 13.5. The molecule has 0 spiro atoms. The molecule has 2 unspecified atom stereocenters. The predicted octanol–water partition coefficient (Wildman–Crippen LogP) is 9.42. The van der Waals surface area contributed by atoms with E-state index in [0.29, 0.717) is 55.0 Å². The Kier molecular flexibility index (Phi) is 10.5. The number of amidine groups is 1. The Labute approximate surface area is 288 Å². The maximum absolute atomic E-state index is 14.1. The van der Waals surface area contributed by atoms with E-state index in [-0.39, 0.29) is 11.8 Å². The lowest BCUT2D eigenvalue weighted by Crippen LogP contribution is -2.36. The summed E-state index contributed by atoms with van der Waals surface area (Å²) in [5.74, 6) is 0.348. The molecule has 2 atom stereocenters. The van der Waals surface area contributed by atoms with Gasteiger partial charge in [0.25, 0.3) is 11.8 Å². The Morgan fingerprint density at radius 1 is 0.935 bits per heavy atom. The quantitative estimate of drug-likeness (QED) is 0.182. The summed E-state index contributed by atoms with van der Waals surface area (Å²) in [6, 6.07) is 22.1. The van der Waals surface area contributed by atoms with Crippen LogP contribution in [0.5, 0.6) is 5.75 Å². The predicted molar refractivity (Wildman–Crippen MR) is 190 cm³/mol. The number of anilines is 2. The van der Waals surface area contributed by atoms with Gasteiger partial charge < -0.3 is 10.1 Å². The fourth-order valence-corrected chi connectivity index (χ4v) is 6.99. The number of aryl methyl sites for hydroxylation is 4. The van der Waals surface area contributed by atoms with Crippen molar-refractivity contribution in [3.63, 3.8) is 0 Å². The van der Waals surface area contributed by atoms with Gasteiger partial charge in [0.15, 0.2) is 6.10 Å². The normalized spacial score (nSPS) is 16.0. The number of amides is 2. The highest BCUT2D eigenvalue weighted by atomic mass is 35.5. The number of nitrogens with one attached hydrogen (secondary N) is 2. The molecule has 0 saturated carbocycles. The molecule has 0 aromatic heterocycles. The van der Waals surface area contributed by atoms with Crippen LogP contribution in [0.2, 0.25) is 15.1 Å². The van der Waals surface area contributed by atoms with Crippen LogP contribution >= 0.6 is 46.6 Å². The second-order valence-electron chi connectivity index (χ2n) is 11.1. The molecule has 5 rings (SSSR count). The minimum atomic E-state index is -0.850. The van der Waals surface area contributed by atoms with E-state index < -0.39 is 11.4 Å². The number of thioether (sulfide) groups is 1. The first kappa shape index (κ1) is 33.7. The Bertz CT molecular complexity index is 1830. The van der Waals surface area contributed by atoms with E-state index in [4.69, 9.17) is 44.5 Å². The van der Waals surface area contributed by atoms with Gasteiger partial charge >= 0.3 is 0 Å². The first-order valence-corrected chi connectivity index (χ1v) is 16.7. The molecule has 1 aliphatic rings. The van der Waals surface area contributed by atoms with Gasteiger partial charge in [0, 0.05) is 4.90 Å². The molecule has 1 aliphatic heterocycles. The third-order valence-corrected chi connectivity index (χ3v) is 9.47. The van der Waals surface area contributed by atoms with Crippen molar-refractivity contribution in [1.29, 1.82) is 0 Å². The van der Waals surface area contributed by atoms with Crippen LogP contribution < -0.4 is 20.5 Å². The topological polar surface area (TPSA) is 83.0 Å². The highest BCUT2D eigenvalue weighted by molar-refractivity contribution is 8.01. The molecule has 238 valence electrons. The lowest BCUT2D eigenvalue weighted by Gasteiger charge is -2.20. The van der Waals surface area contributed by atoms with Crippen molar-refractivity contribution >= 4 is 81.3 Å².